The van der Waals surface area contributed by atoms with E-state index in [1.165, 1.54) is 0 Å². The minimum absolute atomic E-state index is 0.273. The van der Waals surface area contributed by atoms with Gasteiger partial charge in [0.1, 0.15) is 5.03 Å². The van der Waals surface area contributed by atoms with E-state index >= 15 is 0 Å². The molecule has 18 heavy (non-hydrogen) atoms. The molecule has 5 heteroatoms. The molecule has 0 bridgehead atoms. The topological polar surface area (TPSA) is 37.8 Å². The lowest BCUT2D eigenvalue weighted by atomic mass is 10.2. The summed E-state index contributed by atoms with van der Waals surface area (Å²) in [6, 6.07) is 8.36. The van der Waals surface area contributed by atoms with Crippen molar-refractivity contribution in [1.29, 1.82) is 0 Å². The average Bonchev–Trinajstić information content (AvgIpc) is 2.41. The monoisotopic (exact) mass is 323 g/mol. The Labute approximate surface area is 120 Å². The number of hydrogen-bond acceptors (Lipinski definition) is 4. The highest BCUT2D eigenvalue weighted by Gasteiger charge is 2.04. The molecule has 0 aliphatic heterocycles. The number of halogens is 1. The molecule has 3 nitrogen and oxygen atoms in total. The summed E-state index contributed by atoms with van der Waals surface area (Å²) in [6.45, 7) is 2.09. The van der Waals surface area contributed by atoms with E-state index in [1.807, 2.05) is 31.4 Å². The van der Waals surface area contributed by atoms with Crippen molar-refractivity contribution in [3.8, 4) is 0 Å². The number of aromatic nitrogens is 2. The van der Waals surface area contributed by atoms with Gasteiger partial charge in [0.15, 0.2) is 0 Å². The fraction of sp³-hybridized carbons (Fsp3) is 0.231. The quantitative estimate of drug-likeness (QED) is 0.931. The van der Waals surface area contributed by atoms with Gasteiger partial charge in [-0.1, -0.05) is 11.8 Å². The molecule has 1 atom stereocenters. The van der Waals surface area contributed by atoms with Gasteiger partial charge in [0.2, 0.25) is 0 Å². The average molecular weight is 324 g/mol. The summed E-state index contributed by atoms with van der Waals surface area (Å²) in [4.78, 5) is 9.86. The van der Waals surface area contributed by atoms with Crippen molar-refractivity contribution >= 4 is 27.7 Å². The van der Waals surface area contributed by atoms with Crippen LogP contribution >= 0.6 is 27.7 Å². The summed E-state index contributed by atoms with van der Waals surface area (Å²) in [7, 11) is 1.93. The van der Waals surface area contributed by atoms with Gasteiger partial charge in [-0.25, -0.2) is 4.98 Å². The molecule has 0 saturated heterocycles. The molecule has 1 unspecified atom stereocenters. The Morgan fingerprint density at radius 2 is 2.00 bits per heavy atom. The summed E-state index contributed by atoms with van der Waals surface area (Å²) in [5.74, 6) is 0. The van der Waals surface area contributed by atoms with Gasteiger partial charge in [-0.15, -0.1) is 0 Å². The third-order valence-electron chi connectivity index (χ3n) is 2.56. The second-order valence-corrected chi connectivity index (χ2v) is 5.86. The van der Waals surface area contributed by atoms with E-state index in [1.54, 1.807) is 18.0 Å². The smallest absolute Gasteiger partial charge is 0.101 e. The first-order valence-electron chi connectivity index (χ1n) is 5.61. The second kappa shape index (κ2) is 6.31. The fourth-order valence-corrected chi connectivity index (χ4v) is 2.36. The third-order valence-corrected chi connectivity index (χ3v) is 3.96. The molecule has 0 fully saturated rings. The van der Waals surface area contributed by atoms with E-state index in [-0.39, 0.29) is 6.04 Å². The molecule has 2 rings (SSSR count). The zero-order valence-electron chi connectivity index (χ0n) is 10.2. The normalized spacial score (nSPS) is 12.4. The Kier molecular flexibility index (Phi) is 4.74. The Morgan fingerprint density at radius 1 is 1.17 bits per heavy atom. The van der Waals surface area contributed by atoms with Crippen LogP contribution < -0.4 is 5.32 Å². The highest BCUT2D eigenvalue weighted by Crippen LogP contribution is 2.26. The first-order chi connectivity index (χ1) is 8.69. The molecule has 0 amide bonds. The van der Waals surface area contributed by atoms with Crippen LogP contribution in [0.25, 0.3) is 0 Å². The molecule has 94 valence electrons. The van der Waals surface area contributed by atoms with Crippen LogP contribution in [0.5, 0.6) is 0 Å². The van der Waals surface area contributed by atoms with Gasteiger partial charge >= 0.3 is 0 Å². The van der Waals surface area contributed by atoms with Crippen molar-refractivity contribution in [3.63, 3.8) is 0 Å². The fourth-order valence-electron chi connectivity index (χ4n) is 1.40. The first kappa shape index (κ1) is 13.5. The van der Waals surface area contributed by atoms with Crippen LogP contribution in [0.3, 0.4) is 0 Å². The number of nitrogens with one attached hydrogen (secondary N) is 1. The summed E-state index contributed by atoms with van der Waals surface area (Å²) < 4.78 is 0.989. The van der Waals surface area contributed by atoms with Crippen molar-refractivity contribution in [1.82, 2.24) is 15.3 Å². The molecule has 0 spiro atoms. The molecule has 0 aliphatic carbocycles. The van der Waals surface area contributed by atoms with Crippen LogP contribution in [0.15, 0.2) is 51.1 Å². The maximum Gasteiger partial charge on any atom is 0.101 e. The minimum Gasteiger partial charge on any atom is -0.312 e. The van der Waals surface area contributed by atoms with Crippen molar-refractivity contribution < 1.29 is 0 Å². The van der Waals surface area contributed by atoms with Crippen LogP contribution in [0.1, 0.15) is 18.7 Å². The zero-order valence-corrected chi connectivity index (χ0v) is 12.6. The molecule has 2 aromatic heterocycles. The lowest BCUT2D eigenvalue weighted by Gasteiger charge is -2.09. The van der Waals surface area contributed by atoms with Gasteiger partial charge in [-0.3, -0.25) is 4.98 Å². The molecular weight excluding hydrogens is 310 g/mol. The van der Waals surface area contributed by atoms with Crippen molar-refractivity contribution in [3.05, 3.63) is 46.8 Å². The largest absolute Gasteiger partial charge is 0.312 e. The maximum atomic E-state index is 4.44. The Balaban J connectivity index is 2.08. The van der Waals surface area contributed by atoms with Crippen LogP contribution in [-0.2, 0) is 0 Å². The van der Waals surface area contributed by atoms with E-state index in [4.69, 9.17) is 0 Å². The van der Waals surface area contributed by atoms with E-state index < -0.39 is 0 Å². The summed E-state index contributed by atoms with van der Waals surface area (Å²) in [5.41, 5.74) is 1.05. The van der Waals surface area contributed by atoms with Crippen LogP contribution in [0.4, 0.5) is 0 Å². The van der Waals surface area contributed by atoms with Crippen molar-refractivity contribution in [2.24, 2.45) is 0 Å². The number of hydrogen-bond donors (Lipinski definition) is 1. The third kappa shape index (κ3) is 3.54. The predicted molar refractivity (Wildman–Crippen MR) is 77.8 cm³/mol. The molecular formula is C13H14BrN3S. The van der Waals surface area contributed by atoms with E-state index in [0.717, 1.165) is 20.1 Å². The van der Waals surface area contributed by atoms with Gasteiger partial charge in [0.05, 0.1) is 5.69 Å². The van der Waals surface area contributed by atoms with Gasteiger partial charge in [-0.05, 0) is 54.2 Å². The zero-order chi connectivity index (χ0) is 13.0. The lowest BCUT2D eigenvalue weighted by Crippen LogP contribution is -2.13. The molecule has 0 saturated carbocycles. The summed E-state index contributed by atoms with van der Waals surface area (Å²) in [5, 5.41) is 4.14. The number of pyridine rings is 2. The van der Waals surface area contributed by atoms with E-state index in [9.17, 15) is 0 Å². The van der Waals surface area contributed by atoms with Gasteiger partial charge < -0.3 is 5.32 Å². The molecule has 2 heterocycles. The van der Waals surface area contributed by atoms with Crippen molar-refractivity contribution in [2.45, 2.75) is 22.9 Å². The highest BCUT2D eigenvalue weighted by molar-refractivity contribution is 9.10. The van der Waals surface area contributed by atoms with Crippen LogP contribution in [0.2, 0.25) is 0 Å². The molecule has 0 aromatic carbocycles. The highest BCUT2D eigenvalue weighted by atomic mass is 79.9. The van der Waals surface area contributed by atoms with Gasteiger partial charge in [0.25, 0.3) is 0 Å². The van der Waals surface area contributed by atoms with Gasteiger partial charge in [0, 0.05) is 27.8 Å². The first-order valence-corrected chi connectivity index (χ1v) is 7.22. The Morgan fingerprint density at radius 3 is 2.56 bits per heavy atom. The summed E-state index contributed by atoms with van der Waals surface area (Å²) in [6.07, 6.45) is 3.69. The number of rotatable bonds is 4. The molecule has 0 radical (unpaired) electrons. The SMILES string of the molecule is CNC(C)c1ccc(Sc2ccc(Br)cn2)cn1. The molecule has 2 aromatic rings. The minimum atomic E-state index is 0.273. The van der Waals surface area contributed by atoms with Crippen molar-refractivity contribution in [2.75, 3.05) is 7.05 Å². The van der Waals surface area contributed by atoms with E-state index in [2.05, 4.69) is 44.2 Å². The lowest BCUT2D eigenvalue weighted by molar-refractivity contribution is 0.631. The molecule has 0 aliphatic rings. The number of nitrogens with zero attached hydrogens (tertiary/aromatic N) is 2. The molecule has 1 N–H and O–H groups in total. The maximum absolute atomic E-state index is 4.44. The predicted octanol–water partition coefficient (Wildman–Crippen LogP) is 3.67. The second-order valence-electron chi connectivity index (χ2n) is 3.85. The Hall–Kier alpha value is -0.910. The summed E-state index contributed by atoms with van der Waals surface area (Å²) >= 11 is 4.98. The van der Waals surface area contributed by atoms with Crippen LogP contribution in [-0.4, -0.2) is 17.0 Å². The van der Waals surface area contributed by atoms with Gasteiger partial charge in [-0.2, -0.15) is 0 Å². The van der Waals surface area contributed by atoms with Crippen LogP contribution in [0, 0.1) is 0 Å². The van der Waals surface area contributed by atoms with E-state index in [0.29, 0.717) is 0 Å². The Bertz CT molecular complexity index is 499. The standard InChI is InChI=1S/C13H14BrN3S/c1-9(15-2)12-5-4-11(8-16-12)18-13-6-3-10(14)7-17-13/h3-9,15H,1-2H3.